The monoisotopic (exact) mass is 436 g/mol. The molecule has 1 heterocycles. The lowest BCUT2D eigenvalue weighted by Crippen LogP contribution is -2.38. The Morgan fingerprint density at radius 2 is 1.87 bits per heavy atom. The maximum Gasteiger partial charge on any atom is 0.416 e. The van der Waals surface area contributed by atoms with E-state index in [2.05, 4.69) is 17.3 Å². The van der Waals surface area contributed by atoms with Gasteiger partial charge in [0.25, 0.3) is 5.91 Å². The number of carbonyl (C=O) groups is 1. The van der Waals surface area contributed by atoms with Crippen LogP contribution >= 0.6 is 0 Å². The first-order chi connectivity index (χ1) is 14.8. The fourth-order valence-electron chi connectivity index (χ4n) is 3.46. The van der Waals surface area contributed by atoms with E-state index in [1.165, 1.54) is 12.1 Å². The summed E-state index contributed by atoms with van der Waals surface area (Å²) in [5.41, 5.74) is 0.239. The molecule has 3 rings (SSSR count). The van der Waals surface area contributed by atoms with Gasteiger partial charge in [-0.2, -0.15) is 13.2 Å². The maximum atomic E-state index is 12.6. The number of nitrogens with one attached hydrogen (secondary N) is 1. The predicted molar refractivity (Wildman–Crippen MR) is 111 cm³/mol. The quantitative estimate of drug-likeness (QED) is 0.676. The Balaban J connectivity index is 1.46. The van der Waals surface area contributed by atoms with Crippen molar-refractivity contribution in [3.63, 3.8) is 0 Å². The van der Waals surface area contributed by atoms with E-state index in [0.717, 1.165) is 50.3 Å². The molecule has 1 amide bonds. The number of likely N-dealkylation sites (N-methyl/N-ethyl adjacent to an activating group) is 1. The number of halogens is 3. The highest BCUT2D eigenvalue weighted by molar-refractivity contribution is 5.94. The van der Waals surface area contributed by atoms with E-state index in [4.69, 9.17) is 9.47 Å². The third-order valence-corrected chi connectivity index (χ3v) is 5.35. The average molecular weight is 436 g/mol. The number of alkyl halides is 3. The van der Waals surface area contributed by atoms with Gasteiger partial charge in [0.2, 0.25) is 0 Å². The van der Waals surface area contributed by atoms with Gasteiger partial charge >= 0.3 is 6.18 Å². The molecule has 1 saturated heterocycles. The minimum atomic E-state index is -4.42. The highest BCUT2D eigenvalue weighted by atomic mass is 19.4. The fourth-order valence-corrected chi connectivity index (χ4v) is 3.46. The Morgan fingerprint density at radius 1 is 1.16 bits per heavy atom. The Bertz CT molecular complexity index is 850. The number of hydrogen-bond acceptors (Lipinski definition) is 4. The number of hydrogen-bond donors (Lipinski definition) is 1. The van der Waals surface area contributed by atoms with Crippen LogP contribution in [0.5, 0.6) is 5.75 Å². The second-order valence-corrected chi connectivity index (χ2v) is 7.58. The molecule has 0 bridgehead atoms. The molecule has 0 saturated carbocycles. The minimum absolute atomic E-state index is 0.177. The van der Waals surface area contributed by atoms with Gasteiger partial charge in [-0.15, -0.1) is 0 Å². The smallest absolute Gasteiger partial charge is 0.416 e. The van der Waals surface area contributed by atoms with Gasteiger partial charge < -0.3 is 14.8 Å². The van der Waals surface area contributed by atoms with Crippen LogP contribution in [0, 0.1) is 0 Å². The van der Waals surface area contributed by atoms with E-state index in [-0.39, 0.29) is 12.1 Å². The lowest BCUT2D eigenvalue weighted by Gasteiger charge is -2.31. The topological polar surface area (TPSA) is 50.8 Å². The number of carbonyl (C=O) groups excluding carboxylic acids is 1. The van der Waals surface area contributed by atoms with Crippen molar-refractivity contribution in [1.82, 2.24) is 10.2 Å². The lowest BCUT2D eigenvalue weighted by atomic mass is 10.1. The van der Waals surface area contributed by atoms with Crippen molar-refractivity contribution in [2.45, 2.75) is 31.6 Å². The van der Waals surface area contributed by atoms with Crippen molar-refractivity contribution < 1.29 is 27.4 Å². The van der Waals surface area contributed by atoms with Crippen LogP contribution in [0.1, 0.15) is 34.3 Å². The van der Waals surface area contributed by atoms with Gasteiger partial charge in [-0.05, 0) is 61.9 Å². The SMILES string of the molecule is CN(CCOc1cccc(CNC(=O)c2ccc(C(F)(F)F)cc2)c1)C1CCOCC1. The largest absolute Gasteiger partial charge is 0.492 e. The summed E-state index contributed by atoms with van der Waals surface area (Å²) in [6.45, 7) is 3.21. The molecule has 1 N–H and O–H groups in total. The molecule has 0 atom stereocenters. The summed E-state index contributed by atoms with van der Waals surface area (Å²) in [6, 6.07) is 12.1. The van der Waals surface area contributed by atoms with E-state index in [9.17, 15) is 18.0 Å². The molecule has 1 aliphatic heterocycles. The maximum absolute atomic E-state index is 12.6. The van der Waals surface area contributed by atoms with E-state index >= 15 is 0 Å². The molecule has 1 fully saturated rings. The molecule has 5 nitrogen and oxygen atoms in total. The van der Waals surface area contributed by atoms with Crippen LogP contribution in [0.2, 0.25) is 0 Å². The number of amides is 1. The van der Waals surface area contributed by atoms with Crippen LogP contribution in [0.15, 0.2) is 48.5 Å². The summed E-state index contributed by atoms with van der Waals surface area (Å²) in [4.78, 5) is 14.5. The second-order valence-electron chi connectivity index (χ2n) is 7.58. The molecule has 0 aromatic heterocycles. The van der Waals surface area contributed by atoms with Crippen LogP contribution in [-0.2, 0) is 17.5 Å². The molecule has 2 aromatic rings. The zero-order valence-electron chi connectivity index (χ0n) is 17.5. The molecule has 8 heteroatoms. The first kappa shape index (κ1) is 23.1. The molecule has 1 aliphatic rings. The van der Waals surface area contributed by atoms with Crippen LogP contribution in [-0.4, -0.2) is 50.3 Å². The standard InChI is InChI=1S/C23H27F3N2O3/c1-28(20-9-12-30-13-10-20)11-14-31-21-4-2-3-17(15-21)16-27-22(29)18-5-7-19(8-6-18)23(24,25)26/h2-8,15,20H,9-14,16H2,1H3,(H,27,29). The van der Waals surface area contributed by atoms with Crippen LogP contribution in [0.25, 0.3) is 0 Å². The van der Waals surface area contributed by atoms with Gasteiger partial charge in [0.1, 0.15) is 12.4 Å². The molecule has 168 valence electrons. The zero-order chi connectivity index (χ0) is 22.3. The highest BCUT2D eigenvalue weighted by Crippen LogP contribution is 2.29. The third-order valence-electron chi connectivity index (χ3n) is 5.35. The summed E-state index contributed by atoms with van der Waals surface area (Å²) < 4.78 is 49.1. The average Bonchev–Trinajstić information content (AvgIpc) is 2.78. The summed E-state index contributed by atoms with van der Waals surface area (Å²) in [5.74, 6) is 0.278. The van der Waals surface area contributed by atoms with Crippen molar-refractivity contribution in [3.8, 4) is 5.75 Å². The minimum Gasteiger partial charge on any atom is -0.492 e. The number of rotatable bonds is 8. The van der Waals surface area contributed by atoms with Crippen molar-refractivity contribution in [3.05, 3.63) is 65.2 Å². The van der Waals surface area contributed by atoms with Crippen molar-refractivity contribution >= 4 is 5.91 Å². The Morgan fingerprint density at radius 3 is 2.55 bits per heavy atom. The summed E-state index contributed by atoms with van der Waals surface area (Å²) in [5, 5.41) is 2.72. The summed E-state index contributed by atoms with van der Waals surface area (Å²) >= 11 is 0. The lowest BCUT2D eigenvalue weighted by molar-refractivity contribution is -0.137. The van der Waals surface area contributed by atoms with Gasteiger partial charge in [0.15, 0.2) is 0 Å². The molecule has 0 aliphatic carbocycles. The highest BCUT2D eigenvalue weighted by Gasteiger charge is 2.30. The second kappa shape index (κ2) is 10.6. The van der Waals surface area contributed by atoms with Crippen LogP contribution in [0.3, 0.4) is 0 Å². The molecule has 0 spiro atoms. The Hall–Kier alpha value is -2.58. The van der Waals surface area contributed by atoms with Crippen molar-refractivity contribution in [2.24, 2.45) is 0 Å². The molecular formula is C23H27F3N2O3. The summed E-state index contributed by atoms with van der Waals surface area (Å²) in [6.07, 6.45) is -2.36. The first-order valence-electron chi connectivity index (χ1n) is 10.3. The molecule has 0 radical (unpaired) electrons. The molecule has 2 aromatic carbocycles. The molecule has 0 unspecified atom stereocenters. The number of ether oxygens (including phenoxy) is 2. The Kier molecular flexibility index (Phi) is 7.92. The van der Waals surface area contributed by atoms with Crippen LogP contribution < -0.4 is 10.1 Å². The van der Waals surface area contributed by atoms with E-state index < -0.39 is 17.6 Å². The van der Waals surface area contributed by atoms with Crippen molar-refractivity contribution in [1.29, 1.82) is 0 Å². The van der Waals surface area contributed by atoms with Crippen molar-refractivity contribution in [2.75, 3.05) is 33.4 Å². The number of nitrogens with zero attached hydrogens (tertiary/aromatic N) is 1. The van der Waals surface area contributed by atoms with Gasteiger partial charge in [-0.3, -0.25) is 9.69 Å². The van der Waals surface area contributed by atoms with Gasteiger partial charge in [-0.25, -0.2) is 0 Å². The third kappa shape index (κ3) is 6.97. The van der Waals surface area contributed by atoms with E-state index in [1.54, 1.807) is 0 Å². The Labute approximate surface area is 180 Å². The molecule has 31 heavy (non-hydrogen) atoms. The molecular weight excluding hydrogens is 409 g/mol. The summed E-state index contributed by atoms with van der Waals surface area (Å²) in [7, 11) is 2.09. The van der Waals surface area contributed by atoms with Crippen LogP contribution in [0.4, 0.5) is 13.2 Å². The fraction of sp³-hybridized carbons (Fsp3) is 0.435. The number of benzene rings is 2. The normalized spacial score (nSPS) is 15.1. The van der Waals surface area contributed by atoms with Gasteiger partial charge in [0.05, 0.1) is 5.56 Å². The van der Waals surface area contributed by atoms with E-state index in [1.807, 2.05) is 24.3 Å². The van der Waals surface area contributed by atoms with Gasteiger partial charge in [0, 0.05) is 37.9 Å². The van der Waals surface area contributed by atoms with Gasteiger partial charge in [-0.1, -0.05) is 12.1 Å². The first-order valence-corrected chi connectivity index (χ1v) is 10.3. The zero-order valence-corrected chi connectivity index (χ0v) is 17.5. The van der Waals surface area contributed by atoms with E-state index in [0.29, 0.717) is 18.4 Å². The predicted octanol–water partition coefficient (Wildman–Crippen LogP) is 4.13.